The smallest absolute Gasteiger partial charge is 0.328 e. The standard InChI is InChI=1S/C15H16BrNO2/c1-2-19-15(18)14-11-5-3-4-10(11)12-8-9(16)6-7-13(12)17-14/h3-4,6-8,10-11,14,17H,2,5H2,1H3/t10-,11+,14+/m0/s1. The number of esters is 1. The lowest BCUT2D eigenvalue weighted by Gasteiger charge is -2.35. The number of carbonyl (C=O) groups excluding carboxylic acids is 1. The van der Waals surface area contributed by atoms with Crippen LogP contribution in [-0.4, -0.2) is 18.6 Å². The van der Waals surface area contributed by atoms with Gasteiger partial charge in [-0.1, -0.05) is 28.1 Å². The van der Waals surface area contributed by atoms with Gasteiger partial charge in [0.15, 0.2) is 0 Å². The van der Waals surface area contributed by atoms with Gasteiger partial charge in [0, 0.05) is 22.0 Å². The molecule has 1 aliphatic heterocycles. The fourth-order valence-electron chi connectivity index (χ4n) is 3.03. The van der Waals surface area contributed by atoms with Crippen molar-refractivity contribution in [3.05, 3.63) is 40.4 Å². The van der Waals surface area contributed by atoms with Gasteiger partial charge in [0.1, 0.15) is 6.04 Å². The summed E-state index contributed by atoms with van der Waals surface area (Å²) >= 11 is 3.51. The maximum absolute atomic E-state index is 12.1. The van der Waals surface area contributed by atoms with Crippen LogP contribution in [0.3, 0.4) is 0 Å². The molecule has 0 radical (unpaired) electrons. The van der Waals surface area contributed by atoms with Crippen LogP contribution in [0.5, 0.6) is 0 Å². The second kappa shape index (κ2) is 5.00. The average molecular weight is 322 g/mol. The summed E-state index contributed by atoms with van der Waals surface area (Å²) in [6, 6.07) is 5.91. The Balaban J connectivity index is 1.97. The third-order valence-corrected chi connectivity index (χ3v) is 4.36. The fraction of sp³-hybridized carbons (Fsp3) is 0.400. The van der Waals surface area contributed by atoms with Crippen LogP contribution in [0.15, 0.2) is 34.8 Å². The van der Waals surface area contributed by atoms with Crippen molar-refractivity contribution in [2.75, 3.05) is 11.9 Å². The quantitative estimate of drug-likeness (QED) is 0.669. The highest BCUT2D eigenvalue weighted by atomic mass is 79.9. The Hall–Kier alpha value is -1.29. The van der Waals surface area contributed by atoms with E-state index in [1.54, 1.807) is 0 Å². The van der Waals surface area contributed by atoms with Gasteiger partial charge in [-0.3, -0.25) is 0 Å². The molecule has 19 heavy (non-hydrogen) atoms. The summed E-state index contributed by atoms with van der Waals surface area (Å²) in [4.78, 5) is 12.1. The highest BCUT2D eigenvalue weighted by Gasteiger charge is 2.41. The molecule has 3 atom stereocenters. The lowest BCUT2D eigenvalue weighted by atomic mass is 9.79. The first kappa shape index (κ1) is 12.7. The highest BCUT2D eigenvalue weighted by Crippen LogP contribution is 2.45. The summed E-state index contributed by atoms with van der Waals surface area (Å²) in [6.07, 6.45) is 5.30. The summed E-state index contributed by atoms with van der Waals surface area (Å²) < 4.78 is 6.26. The van der Waals surface area contributed by atoms with Crippen molar-refractivity contribution in [2.45, 2.75) is 25.3 Å². The maximum atomic E-state index is 12.1. The zero-order chi connectivity index (χ0) is 13.4. The van der Waals surface area contributed by atoms with Crippen molar-refractivity contribution in [2.24, 2.45) is 5.92 Å². The van der Waals surface area contributed by atoms with Crippen LogP contribution in [0.4, 0.5) is 5.69 Å². The molecule has 1 aromatic carbocycles. The number of benzene rings is 1. The molecule has 0 bridgehead atoms. The predicted octanol–water partition coefficient (Wildman–Crippen LogP) is 3.47. The van der Waals surface area contributed by atoms with Gasteiger partial charge >= 0.3 is 5.97 Å². The maximum Gasteiger partial charge on any atom is 0.328 e. The molecule has 1 heterocycles. The van der Waals surface area contributed by atoms with Gasteiger partial charge in [0.2, 0.25) is 0 Å². The van der Waals surface area contributed by atoms with E-state index in [4.69, 9.17) is 4.74 Å². The van der Waals surface area contributed by atoms with E-state index in [2.05, 4.69) is 39.5 Å². The fourth-order valence-corrected chi connectivity index (χ4v) is 3.41. The first-order valence-electron chi connectivity index (χ1n) is 6.60. The lowest BCUT2D eigenvalue weighted by Crippen LogP contribution is -2.42. The van der Waals surface area contributed by atoms with E-state index >= 15 is 0 Å². The van der Waals surface area contributed by atoms with Crippen LogP contribution in [-0.2, 0) is 9.53 Å². The summed E-state index contributed by atoms with van der Waals surface area (Å²) in [5.74, 6) is 0.429. The molecular formula is C15H16BrNO2. The topological polar surface area (TPSA) is 38.3 Å². The molecule has 0 spiro atoms. The molecule has 3 rings (SSSR count). The number of hydrogen-bond donors (Lipinski definition) is 1. The molecule has 1 N–H and O–H groups in total. The monoisotopic (exact) mass is 321 g/mol. The van der Waals surface area contributed by atoms with Crippen molar-refractivity contribution in [1.29, 1.82) is 0 Å². The summed E-state index contributed by atoms with van der Waals surface area (Å²) in [5, 5.41) is 3.34. The Labute approximate surface area is 121 Å². The number of anilines is 1. The second-order valence-corrected chi connectivity index (χ2v) is 5.87. The predicted molar refractivity (Wildman–Crippen MR) is 78.2 cm³/mol. The largest absolute Gasteiger partial charge is 0.464 e. The number of nitrogens with one attached hydrogen (secondary N) is 1. The first-order valence-corrected chi connectivity index (χ1v) is 7.39. The van der Waals surface area contributed by atoms with E-state index in [-0.39, 0.29) is 17.9 Å². The van der Waals surface area contributed by atoms with E-state index in [0.717, 1.165) is 16.6 Å². The van der Waals surface area contributed by atoms with Crippen LogP contribution < -0.4 is 5.32 Å². The highest BCUT2D eigenvalue weighted by molar-refractivity contribution is 9.10. The van der Waals surface area contributed by atoms with E-state index in [0.29, 0.717) is 12.5 Å². The molecule has 0 aromatic heterocycles. The zero-order valence-electron chi connectivity index (χ0n) is 10.7. The molecule has 3 nitrogen and oxygen atoms in total. The number of ether oxygens (including phenoxy) is 1. The van der Waals surface area contributed by atoms with Gasteiger partial charge in [-0.05, 0) is 37.1 Å². The number of fused-ring (bicyclic) bond motifs is 3. The normalized spacial score (nSPS) is 27.4. The third-order valence-electron chi connectivity index (χ3n) is 3.87. The molecular weight excluding hydrogens is 306 g/mol. The van der Waals surface area contributed by atoms with Crippen LogP contribution >= 0.6 is 15.9 Å². The molecule has 1 aromatic rings. The van der Waals surface area contributed by atoms with Crippen LogP contribution in [0, 0.1) is 5.92 Å². The second-order valence-electron chi connectivity index (χ2n) is 4.96. The molecule has 0 fully saturated rings. The van der Waals surface area contributed by atoms with E-state index in [1.807, 2.05) is 19.1 Å². The Kier molecular flexibility index (Phi) is 3.35. The first-order chi connectivity index (χ1) is 9.20. The van der Waals surface area contributed by atoms with E-state index in [9.17, 15) is 4.79 Å². The summed E-state index contributed by atoms with van der Waals surface area (Å²) in [5.41, 5.74) is 2.29. The zero-order valence-corrected chi connectivity index (χ0v) is 12.3. The summed E-state index contributed by atoms with van der Waals surface area (Å²) in [7, 11) is 0. The molecule has 1 aliphatic carbocycles. The molecule has 4 heteroatoms. The van der Waals surface area contributed by atoms with Crippen molar-refractivity contribution in [1.82, 2.24) is 0 Å². The molecule has 2 aliphatic rings. The number of allylic oxidation sites excluding steroid dienone is 2. The minimum atomic E-state index is -0.242. The number of rotatable bonds is 2. The van der Waals surface area contributed by atoms with Gasteiger partial charge in [-0.15, -0.1) is 0 Å². The minimum Gasteiger partial charge on any atom is -0.464 e. The Morgan fingerprint density at radius 3 is 3.16 bits per heavy atom. The van der Waals surface area contributed by atoms with Gasteiger partial charge in [0.25, 0.3) is 0 Å². The van der Waals surface area contributed by atoms with E-state index in [1.165, 1.54) is 5.56 Å². The van der Waals surface area contributed by atoms with Gasteiger partial charge in [-0.2, -0.15) is 0 Å². The Morgan fingerprint density at radius 1 is 1.53 bits per heavy atom. The molecule has 100 valence electrons. The van der Waals surface area contributed by atoms with Crippen LogP contribution in [0.25, 0.3) is 0 Å². The van der Waals surface area contributed by atoms with Crippen molar-refractivity contribution in [3.63, 3.8) is 0 Å². The molecule has 0 amide bonds. The van der Waals surface area contributed by atoms with Gasteiger partial charge in [-0.25, -0.2) is 4.79 Å². The Morgan fingerprint density at radius 2 is 2.37 bits per heavy atom. The van der Waals surface area contributed by atoms with Crippen molar-refractivity contribution < 1.29 is 9.53 Å². The minimum absolute atomic E-state index is 0.144. The van der Waals surface area contributed by atoms with Gasteiger partial charge < -0.3 is 10.1 Å². The molecule has 0 saturated carbocycles. The SMILES string of the molecule is CCOC(=O)[C@@H]1Nc2ccc(Br)cc2[C@H]2C=CC[C@H]21. The van der Waals surface area contributed by atoms with Crippen LogP contribution in [0.1, 0.15) is 24.8 Å². The average Bonchev–Trinajstić information content (AvgIpc) is 2.87. The molecule has 0 saturated heterocycles. The number of carbonyl (C=O) groups is 1. The van der Waals surface area contributed by atoms with Gasteiger partial charge in [0.05, 0.1) is 6.61 Å². The van der Waals surface area contributed by atoms with E-state index < -0.39 is 0 Å². The van der Waals surface area contributed by atoms with Crippen molar-refractivity contribution >= 4 is 27.6 Å². The lowest BCUT2D eigenvalue weighted by molar-refractivity contribution is -0.145. The molecule has 0 unspecified atom stereocenters. The number of halogens is 1. The van der Waals surface area contributed by atoms with Crippen molar-refractivity contribution in [3.8, 4) is 0 Å². The third kappa shape index (κ3) is 2.18. The number of hydrogen-bond acceptors (Lipinski definition) is 3. The van der Waals surface area contributed by atoms with Crippen LogP contribution in [0.2, 0.25) is 0 Å². The Bertz CT molecular complexity index is 541. The summed E-state index contributed by atoms with van der Waals surface area (Å²) in [6.45, 7) is 2.27.